The van der Waals surface area contributed by atoms with E-state index in [1.54, 1.807) is 7.11 Å². The molecule has 0 spiro atoms. The van der Waals surface area contributed by atoms with Gasteiger partial charge in [-0.05, 0) is 30.2 Å². The van der Waals surface area contributed by atoms with E-state index in [2.05, 4.69) is 22.9 Å². The molecule has 1 fully saturated rings. The fourth-order valence-electron chi connectivity index (χ4n) is 2.24. The average Bonchev–Trinajstić information content (AvgIpc) is 2.62. The van der Waals surface area contributed by atoms with Crippen LogP contribution in [0.2, 0.25) is 0 Å². The van der Waals surface area contributed by atoms with E-state index >= 15 is 0 Å². The van der Waals surface area contributed by atoms with Crippen molar-refractivity contribution in [2.24, 2.45) is 0 Å². The summed E-state index contributed by atoms with van der Waals surface area (Å²) in [6.45, 7) is 2.17. The van der Waals surface area contributed by atoms with Crippen molar-refractivity contribution in [1.29, 1.82) is 0 Å². The van der Waals surface area contributed by atoms with Crippen LogP contribution in [0, 0.1) is 0 Å². The van der Waals surface area contributed by atoms with E-state index in [0.29, 0.717) is 11.7 Å². The number of rotatable bonds is 3. The van der Waals surface area contributed by atoms with Crippen LogP contribution in [0.5, 0.6) is 5.75 Å². The summed E-state index contributed by atoms with van der Waals surface area (Å²) in [4.78, 5) is 0. The first-order valence-corrected chi connectivity index (χ1v) is 7.53. The molecule has 0 saturated carbocycles. The number of hydrogen-bond acceptors (Lipinski definition) is 3. The molecule has 1 aromatic carbocycles. The maximum absolute atomic E-state index is 10.5. The SMILES string of the molecule is COc1ccc(Br)c(CC2(O)CSC(C)C2)c1. The number of halogens is 1. The van der Waals surface area contributed by atoms with Crippen molar-refractivity contribution >= 4 is 27.7 Å². The third-order valence-corrected chi connectivity index (χ3v) is 5.29. The van der Waals surface area contributed by atoms with Gasteiger partial charge in [0.2, 0.25) is 0 Å². The summed E-state index contributed by atoms with van der Waals surface area (Å²) in [5, 5.41) is 11.1. The first-order valence-electron chi connectivity index (χ1n) is 5.69. The van der Waals surface area contributed by atoms with Crippen LogP contribution >= 0.6 is 27.7 Å². The molecule has 2 unspecified atom stereocenters. The highest BCUT2D eigenvalue weighted by Gasteiger charge is 2.36. The molecule has 1 aromatic rings. The second-order valence-electron chi connectivity index (χ2n) is 4.68. The molecule has 1 heterocycles. The molecule has 0 amide bonds. The summed E-state index contributed by atoms with van der Waals surface area (Å²) >= 11 is 5.38. The fraction of sp³-hybridized carbons (Fsp3) is 0.538. The fourth-order valence-corrected chi connectivity index (χ4v) is 3.87. The van der Waals surface area contributed by atoms with Crippen molar-refractivity contribution < 1.29 is 9.84 Å². The van der Waals surface area contributed by atoms with Crippen LogP contribution in [0.4, 0.5) is 0 Å². The van der Waals surface area contributed by atoms with Gasteiger partial charge in [0.05, 0.1) is 12.7 Å². The van der Waals surface area contributed by atoms with Crippen LogP contribution < -0.4 is 4.74 Å². The molecule has 0 radical (unpaired) electrons. The first-order chi connectivity index (χ1) is 8.02. The van der Waals surface area contributed by atoms with E-state index in [4.69, 9.17) is 4.74 Å². The van der Waals surface area contributed by atoms with Gasteiger partial charge in [-0.2, -0.15) is 11.8 Å². The standard InChI is InChI=1S/C13H17BrO2S/c1-9-6-13(15,8-17-9)7-10-5-11(16-2)3-4-12(10)14/h3-5,9,15H,6-8H2,1-2H3. The predicted octanol–water partition coefficient (Wildman–Crippen LogP) is 3.26. The summed E-state index contributed by atoms with van der Waals surface area (Å²) in [6.07, 6.45) is 1.55. The van der Waals surface area contributed by atoms with E-state index in [1.807, 2.05) is 30.0 Å². The Kier molecular flexibility index (Phi) is 4.06. The quantitative estimate of drug-likeness (QED) is 0.928. The smallest absolute Gasteiger partial charge is 0.119 e. The first kappa shape index (κ1) is 13.2. The summed E-state index contributed by atoms with van der Waals surface area (Å²) in [5.41, 5.74) is 0.542. The minimum Gasteiger partial charge on any atom is -0.497 e. The normalized spacial score (nSPS) is 28.4. The van der Waals surface area contributed by atoms with Crippen molar-refractivity contribution in [2.75, 3.05) is 12.9 Å². The van der Waals surface area contributed by atoms with Crippen molar-refractivity contribution in [1.82, 2.24) is 0 Å². The molecule has 1 aliphatic rings. The van der Waals surface area contributed by atoms with Crippen LogP contribution in [-0.2, 0) is 6.42 Å². The number of benzene rings is 1. The van der Waals surface area contributed by atoms with E-state index in [-0.39, 0.29) is 0 Å². The molecule has 1 N–H and O–H groups in total. The lowest BCUT2D eigenvalue weighted by molar-refractivity contribution is 0.0640. The summed E-state index contributed by atoms with van der Waals surface area (Å²) < 4.78 is 6.26. The Hall–Kier alpha value is -0.190. The Balaban J connectivity index is 2.17. The molecule has 1 saturated heterocycles. The van der Waals surface area contributed by atoms with Crippen molar-refractivity contribution in [2.45, 2.75) is 30.6 Å². The third kappa shape index (κ3) is 3.18. The van der Waals surface area contributed by atoms with Crippen LogP contribution in [0.25, 0.3) is 0 Å². The maximum Gasteiger partial charge on any atom is 0.119 e. The second kappa shape index (κ2) is 5.21. The average molecular weight is 317 g/mol. The lowest BCUT2D eigenvalue weighted by atomic mass is 9.92. The molecule has 0 bridgehead atoms. The monoisotopic (exact) mass is 316 g/mol. The molecule has 2 rings (SSSR count). The molecule has 94 valence electrons. The predicted molar refractivity (Wildman–Crippen MR) is 75.9 cm³/mol. The zero-order chi connectivity index (χ0) is 12.5. The minimum absolute atomic E-state index is 0.546. The number of methoxy groups -OCH3 is 1. The zero-order valence-corrected chi connectivity index (χ0v) is 12.5. The van der Waals surface area contributed by atoms with Crippen LogP contribution in [-0.4, -0.2) is 28.8 Å². The summed E-state index contributed by atoms with van der Waals surface area (Å²) in [7, 11) is 1.66. The number of ether oxygens (including phenoxy) is 1. The molecule has 2 nitrogen and oxygen atoms in total. The highest BCUT2D eigenvalue weighted by molar-refractivity contribution is 9.10. The van der Waals surface area contributed by atoms with E-state index in [0.717, 1.165) is 28.0 Å². The Morgan fingerprint density at radius 1 is 1.59 bits per heavy atom. The maximum atomic E-state index is 10.5. The zero-order valence-electron chi connectivity index (χ0n) is 10.1. The van der Waals surface area contributed by atoms with Gasteiger partial charge in [0.1, 0.15) is 5.75 Å². The third-order valence-electron chi connectivity index (χ3n) is 3.08. The molecule has 17 heavy (non-hydrogen) atoms. The molecular formula is C13H17BrO2S. The van der Waals surface area contributed by atoms with Crippen LogP contribution in [0.3, 0.4) is 0 Å². The van der Waals surface area contributed by atoms with Gasteiger partial charge in [-0.3, -0.25) is 0 Å². The lowest BCUT2D eigenvalue weighted by Crippen LogP contribution is -2.31. The van der Waals surface area contributed by atoms with Gasteiger partial charge < -0.3 is 9.84 Å². The van der Waals surface area contributed by atoms with Gasteiger partial charge in [-0.1, -0.05) is 22.9 Å². The van der Waals surface area contributed by atoms with Gasteiger partial charge in [0.15, 0.2) is 0 Å². The van der Waals surface area contributed by atoms with Gasteiger partial charge in [0, 0.05) is 21.9 Å². The molecule has 0 aliphatic carbocycles. The van der Waals surface area contributed by atoms with Crippen molar-refractivity contribution in [3.63, 3.8) is 0 Å². The highest BCUT2D eigenvalue weighted by atomic mass is 79.9. The van der Waals surface area contributed by atoms with Crippen LogP contribution in [0.1, 0.15) is 18.9 Å². The highest BCUT2D eigenvalue weighted by Crippen LogP contribution is 2.38. The topological polar surface area (TPSA) is 29.5 Å². The molecular weight excluding hydrogens is 300 g/mol. The van der Waals surface area contributed by atoms with E-state index in [9.17, 15) is 5.11 Å². The lowest BCUT2D eigenvalue weighted by Gasteiger charge is -2.22. The summed E-state index contributed by atoms with van der Waals surface area (Å²) in [5.74, 6) is 1.66. The molecule has 1 aliphatic heterocycles. The van der Waals surface area contributed by atoms with Gasteiger partial charge in [-0.15, -0.1) is 0 Å². The Morgan fingerprint density at radius 2 is 2.35 bits per heavy atom. The Bertz CT molecular complexity index is 410. The summed E-state index contributed by atoms with van der Waals surface area (Å²) in [6, 6.07) is 5.89. The Morgan fingerprint density at radius 3 is 2.94 bits per heavy atom. The minimum atomic E-state index is -0.570. The molecule has 4 heteroatoms. The Labute approximate surface area is 115 Å². The van der Waals surface area contributed by atoms with Gasteiger partial charge in [-0.25, -0.2) is 0 Å². The number of hydrogen-bond donors (Lipinski definition) is 1. The van der Waals surface area contributed by atoms with E-state index in [1.165, 1.54) is 0 Å². The van der Waals surface area contributed by atoms with Crippen molar-refractivity contribution in [3.05, 3.63) is 28.2 Å². The second-order valence-corrected chi connectivity index (χ2v) is 6.97. The molecule has 0 aromatic heterocycles. The van der Waals surface area contributed by atoms with Gasteiger partial charge in [0.25, 0.3) is 0 Å². The largest absolute Gasteiger partial charge is 0.497 e. The number of thioether (sulfide) groups is 1. The van der Waals surface area contributed by atoms with E-state index < -0.39 is 5.60 Å². The van der Waals surface area contributed by atoms with Gasteiger partial charge >= 0.3 is 0 Å². The van der Waals surface area contributed by atoms with Crippen LogP contribution in [0.15, 0.2) is 22.7 Å². The molecule has 2 atom stereocenters. The van der Waals surface area contributed by atoms with Crippen molar-refractivity contribution in [3.8, 4) is 5.75 Å². The number of aliphatic hydroxyl groups is 1.